The van der Waals surface area contributed by atoms with Crippen molar-refractivity contribution in [2.24, 2.45) is 0 Å². The molecule has 1 heterocycles. The molecule has 1 fully saturated rings. The van der Waals surface area contributed by atoms with Gasteiger partial charge in [-0.05, 0) is 15.4 Å². The Hall–Kier alpha value is -2.74. The second-order valence-corrected chi connectivity index (χ2v) is 14.2. The Morgan fingerprint density at radius 2 is 1.57 bits per heavy atom. The zero-order chi connectivity index (χ0) is 25.6. The average molecular weight is 497 g/mol. The van der Waals surface area contributed by atoms with Gasteiger partial charge in [0, 0.05) is 20.3 Å². The van der Waals surface area contributed by atoms with Crippen LogP contribution in [0.15, 0.2) is 73.3 Å². The Labute approximate surface area is 209 Å². The maximum atomic E-state index is 12.1. The Bertz CT molecular complexity index is 962. The first-order valence-electron chi connectivity index (χ1n) is 12.0. The molecule has 0 aromatic heterocycles. The lowest BCUT2D eigenvalue weighted by molar-refractivity contribution is -0.156. The van der Waals surface area contributed by atoms with E-state index >= 15 is 0 Å². The molecule has 35 heavy (non-hydrogen) atoms. The van der Waals surface area contributed by atoms with E-state index < -0.39 is 44.7 Å². The lowest BCUT2D eigenvalue weighted by atomic mass is 10.1. The monoisotopic (exact) mass is 496 g/mol. The number of esters is 2. The zero-order valence-electron chi connectivity index (χ0n) is 21.2. The molecule has 0 radical (unpaired) electrons. The van der Waals surface area contributed by atoms with Gasteiger partial charge >= 0.3 is 11.9 Å². The molecule has 0 spiro atoms. The van der Waals surface area contributed by atoms with Crippen LogP contribution >= 0.6 is 0 Å². The third-order valence-corrected chi connectivity index (χ3v) is 11.3. The van der Waals surface area contributed by atoms with Crippen LogP contribution in [-0.2, 0) is 28.2 Å². The van der Waals surface area contributed by atoms with Crippen molar-refractivity contribution in [3.05, 3.63) is 73.3 Å². The SMILES string of the molecule is C=C[C@@H]1O[C@H]([C@@H](CO[Si](c2ccccc2)(c2ccccc2)C(C)(C)C)OC(C)=O)C[C@H]1OC(C)=O. The number of rotatable bonds is 9. The number of benzene rings is 2. The van der Waals surface area contributed by atoms with E-state index in [-0.39, 0.29) is 11.6 Å². The van der Waals surface area contributed by atoms with E-state index in [1.165, 1.54) is 13.8 Å². The van der Waals surface area contributed by atoms with E-state index in [1.807, 2.05) is 36.4 Å². The van der Waals surface area contributed by atoms with Crippen LogP contribution in [0.1, 0.15) is 41.0 Å². The first kappa shape index (κ1) is 26.9. The summed E-state index contributed by atoms with van der Waals surface area (Å²) in [6.45, 7) is 13.3. The molecule has 0 aliphatic carbocycles. The smallest absolute Gasteiger partial charge is 0.303 e. The number of carbonyl (C=O) groups excluding carboxylic acids is 2. The summed E-state index contributed by atoms with van der Waals surface area (Å²) in [4.78, 5) is 23.6. The molecule has 188 valence electrons. The fraction of sp³-hybridized carbons (Fsp3) is 0.429. The van der Waals surface area contributed by atoms with Crippen molar-refractivity contribution in [2.45, 2.75) is 70.5 Å². The van der Waals surface area contributed by atoms with Crippen molar-refractivity contribution in [1.29, 1.82) is 0 Å². The van der Waals surface area contributed by atoms with E-state index in [9.17, 15) is 9.59 Å². The van der Waals surface area contributed by atoms with E-state index in [2.05, 4.69) is 51.6 Å². The van der Waals surface area contributed by atoms with Gasteiger partial charge in [-0.25, -0.2) is 0 Å². The van der Waals surface area contributed by atoms with E-state index in [0.29, 0.717) is 6.42 Å². The lowest BCUT2D eigenvalue weighted by Gasteiger charge is -2.43. The molecule has 1 aliphatic heterocycles. The van der Waals surface area contributed by atoms with Gasteiger partial charge in [-0.3, -0.25) is 9.59 Å². The van der Waals surface area contributed by atoms with Crippen molar-refractivity contribution < 1.29 is 28.2 Å². The van der Waals surface area contributed by atoms with Crippen molar-refractivity contribution >= 4 is 30.6 Å². The number of ether oxygens (including phenoxy) is 3. The molecule has 0 unspecified atom stereocenters. The second-order valence-electron chi connectivity index (χ2n) is 9.88. The molecule has 7 heteroatoms. The Kier molecular flexibility index (Phi) is 8.69. The number of carbonyl (C=O) groups is 2. The van der Waals surface area contributed by atoms with E-state index in [4.69, 9.17) is 18.6 Å². The van der Waals surface area contributed by atoms with Gasteiger partial charge in [-0.15, -0.1) is 6.58 Å². The summed E-state index contributed by atoms with van der Waals surface area (Å²) in [7, 11) is -2.83. The minimum absolute atomic E-state index is 0.147. The van der Waals surface area contributed by atoms with Crippen LogP contribution in [0.2, 0.25) is 5.04 Å². The highest BCUT2D eigenvalue weighted by Crippen LogP contribution is 2.37. The molecular formula is C28H36O6Si. The molecule has 6 nitrogen and oxygen atoms in total. The number of hydrogen-bond donors (Lipinski definition) is 0. The molecule has 4 atom stereocenters. The number of hydrogen-bond acceptors (Lipinski definition) is 6. The van der Waals surface area contributed by atoms with Gasteiger partial charge in [0.2, 0.25) is 0 Å². The fourth-order valence-corrected chi connectivity index (χ4v) is 9.45. The van der Waals surface area contributed by atoms with Crippen LogP contribution in [0.25, 0.3) is 0 Å². The predicted octanol–water partition coefficient (Wildman–Crippen LogP) is 3.77. The van der Waals surface area contributed by atoms with Crippen molar-refractivity contribution in [3.8, 4) is 0 Å². The Morgan fingerprint density at radius 1 is 1.03 bits per heavy atom. The van der Waals surface area contributed by atoms with Crippen LogP contribution in [0.5, 0.6) is 0 Å². The van der Waals surface area contributed by atoms with Gasteiger partial charge < -0.3 is 18.6 Å². The third-order valence-electron chi connectivity index (χ3n) is 6.33. The molecule has 1 saturated heterocycles. The zero-order valence-corrected chi connectivity index (χ0v) is 22.2. The fourth-order valence-electron chi connectivity index (χ4n) is 4.88. The third kappa shape index (κ3) is 6.09. The highest BCUT2D eigenvalue weighted by molar-refractivity contribution is 6.99. The van der Waals surface area contributed by atoms with Gasteiger partial charge in [0.25, 0.3) is 8.32 Å². The molecule has 0 bridgehead atoms. The molecule has 1 aliphatic rings. The van der Waals surface area contributed by atoms with Crippen LogP contribution in [0.3, 0.4) is 0 Å². The first-order chi connectivity index (χ1) is 16.6. The largest absolute Gasteiger partial charge is 0.459 e. The van der Waals surface area contributed by atoms with Gasteiger partial charge in [0.15, 0.2) is 0 Å². The quantitative estimate of drug-likeness (QED) is 0.299. The lowest BCUT2D eigenvalue weighted by Crippen LogP contribution is -2.67. The van der Waals surface area contributed by atoms with Crippen LogP contribution in [-0.4, -0.2) is 51.3 Å². The summed E-state index contributed by atoms with van der Waals surface area (Å²) in [5, 5.41) is 2.04. The summed E-state index contributed by atoms with van der Waals surface area (Å²) in [5.41, 5.74) is 0. The van der Waals surface area contributed by atoms with Crippen molar-refractivity contribution in [2.75, 3.05) is 6.61 Å². The highest BCUT2D eigenvalue weighted by Gasteiger charge is 2.51. The van der Waals surface area contributed by atoms with Gasteiger partial charge in [-0.1, -0.05) is 87.5 Å². The molecule has 0 saturated carbocycles. The Morgan fingerprint density at radius 3 is 2.00 bits per heavy atom. The van der Waals surface area contributed by atoms with E-state index in [0.717, 1.165) is 10.4 Å². The normalized spacial score (nSPS) is 21.2. The molecular weight excluding hydrogens is 460 g/mol. The highest BCUT2D eigenvalue weighted by atomic mass is 28.4. The molecule has 0 amide bonds. The molecule has 3 rings (SSSR count). The van der Waals surface area contributed by atoms with Gasteiger partial charge in [0.05, 0.1) is 6.61 Å². The summed E-state index contributed by atoms with van der Waals surface area (Å²) in [6.07, 6.45) is -0.128. The van der Waals surface area contributed by atoms with Gasteiger partial charge in [-0.2, -0.15) is 0 Å². The van der Waals surface area contributed by atoms with E-state index in [1.54, 1.807) is 6.08 Å². The molecule has 2 aromatic rings. The van der Waals surface area contributed by atoms with Crippen molar-refractivity contribution in [3.63, 3.8) is 0 Å². The first-order valence-corrected chi connectivity index (χ1v) is 13.9. The minimum Gasteiger partial charge on any atom is -0.459 e. The van der Waals surface area contributed by atoms with Crippen LogP contribution in [0, 0.1) is 0 Å². The topological polar surface area (TPSA) is 71.1 Å². The summed E-state index contributed by atoms with van der Waals surface area (Å²) >= 11 is 0. The van der Waals surface area contributed by atoms with Crippen molar-refractivity contribution in [1.82, 2.24) is 0 Å². The minimum atomic E-state index is -2.83. The summed E-state index contributed by atoms with van der Waals surface area (Å²) in [6, 6.07) is 20.5. The standard InChI is InChI=1S/C28H36O6Si/c1-7-24-25(32-20(2)29)18-26(34-24)27(33-21(3)30)19-31-35(28(4,5)6,22-14-10-8-11-15-22)23-16-12-9-13-17-23/h7-17,24-27H,1,18-19H2,2-6H3/t24-,25+,26-,27+/m0/s1. The van der Waals surface area contributed by atoms with Crippen LogP contribution < -0.4 is 10.4 Å². The average Bonchev–Trinajstić information content (AvgIpc) is 3.21. The maximum Gasteiger partial charge on any atom is 0.303 e. The summed E-state index contributed by atoms with van der Waals surface area (Å²) < 4.78 is 24.2. The second kappa shape index (κ2) is 11.3. The summed E-state index contributed by atoms with van der Waals surface area (Å²) in [5.74, 6) is -0.811. The van der Waals surface area contributed by atoms with Crippen LogP contribution in [0.4, 0.5) is 0 Å². The predicted molar refractivity (Wildman–Crippen MR) is 138 cm³/mol. The molecule has 2 aromatic carbocycles. The van der Waals surface area contributed by atoms with Gasteiger partial charge in [0.1, 0.15) is 24.4 Å². The molecule has 0 N–H and O–H groups in total. The maximum absolute atomic E-state index is 12.1. The Balaban J connectivity index is 1.98.